The lowest BCUT2D eigenvalue weighted by Crippen LogP contribution is -2.27. The number of thiophene rings is 1. The van der Waals surface area contributed by atoms with Crippen LogP contribution in [0.1, 0.15) is 61.1 Å². The number of carbonyl (C=O) groups is 1. The van der Waals surface area contributed by atoms with Gasteiger partial charge in [0.15, 0.2) is 11.5 Å². The minimum atomic E-state index is 0.0785. The Hall–Kier alpha value is -2.01. The highest BCUT2D eigenvalue weighted by Crippen LogP contribution is 2.50. The number of benzene rings is 1. The van der Waals surface area contributed by atoms with E-state index < -0.39 is 0 Å². The monoisotopic (exact) mass is 399 g/mol. The number of nitrogens with one attached hydrogen (secondary N) is 1. The van der Waals surface area contributed by atoms with Gasteiger partial charge in [-0.15, -0.1) is 11.3 Å². The normalized spacial score (nSPS) is 21.5. The van der Waals surface area contributed by atoms with Crippen molar-refractivity contribution in [2.45, 2.75) is 52.4 Å². The molecule has 0 saturated carbocycles. The van der Waals surface area contributed by atoms with Crippen LogP contribution in [0.3, 0.4) is 0 Å². The summed E-state index contributed by atoms with van der Waals surface area (Å²) in [5.41, 5.74) is 4.24. The van der Waals surface area contributed by atoms with Crippen molar-refractivity contribution in [1.29, 1.82) is 0 Å². The number of carbonyl (C=O) groups excluding carboxylic acids is 1. The van der Waals surface area contributed by atoms with E-state index >= 15 is 0 Å². The number of hydrogen-bond acceptors (Lipinski definition) is 4. The molecule has 4 rings (SSSR count). The predicted molar refractivity (Wildman–Crippen MR) is 114 cm³/mol. The lowest BCUT2D eigenvalue weighted by atomic mass is 9.71. The van der Waals surface area contributed by atoms with Gasteiger partial charge >= 0.3 is 0 Å². The van der Waals surface area contributed by atoms with Gasteiger partial charge in [0.2, 0.25) is 5.91 Å². The minimum Gasteiger partial charge on any atom is -0.493 e. The van der Waals surface area contributed by atoms with Gasteiger partial charge in [0, 0.05) is 17.2 Å². The number of amides is 1. The molecule has 28 heavy (non-hydrogen) atoms. The van der Waals surface area contributed by atoms with Gasteiger partial charge in [0.05, 0.1) is 19.2 Å². The molecule has 1 aliphatic carbocycles. The van der Waals surface area contributed by atoms with Crippen LogP contribution >= 0.6 is 11.3 Å². The van der Waals surface area contributed by atoms with Crippen LogP contribution in [0.5, 0.6) is 11.5 Å². The highest BCUT2D eigenvalue weighted by atomic mass is 32.1. The molecule has 2 aliphatic rings. The Labute approximate surface area is 171 Å². The molecule has 0 bridgehead atoms. The molecule has 1 aliphatic heterocycles. The second-order valence-corrected chi connectivity index (χ2v) is 10.1. The van der Waals surface area contributed by atoms with E-state index in [1.165, 1.54) is 22.4 Å². The smallest absolute Gasteiger partial charge is 0.225 e. The van der Waals surface area contributed by atoms with Gasteiger partial charge in [-0.3, -0.25) is 4.79 Å². The number of anilines is 1. The summed E-state index contributed by atoms with van der Waals surface area (Å²) in [6.07, 6.45) is 3.91. The van der Waals surface area contributed by atoms with E-state index in [0.29, 0.717) is 29.3 Å². The Bertz CT molecular complexity index is 909. The topological polar surface area (TPSA) is 47.6 Å². The zero-order valence-electron chi connectivity index (χ0n) is 17.3. The van der Waals surface area contributed by atoms with E-state index in [2.05, 4.69) is 32.2 Å². The summed E-state index contributed by atoms with van der Waals surface area (Å²) in [6.45, 7) is 7.01. The second-order valence-electron chi connectivity index (χ2n) is 8.97. The highest BCUT2D eigenvalue weighted by molar-refractivity contribution is 7.16. The first kappa shape index (κ1) is 19.3. The van der Waals surface area contributed by atoms with Crippen molar-refractivity contribution in [2.75, 3.05) is 19.5 Å². The molecule has 5 heteroatoms. The number of rotatable bonds is 3. The number of methoxy groups -OCH3 is 2. The van der Waals surface area contributed by atoms with Crippen LogP contribution in [0.4, 0.5) is 5.00 Å². The van der Waals surface area contributed by atoms with Gasteiger partial charge < -0.3 is 14.8 Å². The number of fused-ring (bicyclic) bond motifs is 3. The zero-order valence-corrected chi connectivity index (χ0v) is 18.2. The molecule has 2 atom stereocenters. The Morgan fingerprint density at radius 1 is 1.11 bits per heavy atom. The molecule has 0 fully saturated rings. The van der Waals surface area contributed by atoms with Crippen LogP contribution in [0.15, 0.2) is 18.2 Å². The Kier molecular flexibility index (Phi) is 4.90. The van der Waals surface area contributed by atoms with E-state index in [-0.39, 0.29) is 11.8 Å². The van der Waals surface area contributed by atoms with Crippen LogP contribution in [0, 0.1) is 11.3 Å². The molecule has 0 radical (unpaired) electrons. The molecule has 1 aromatic heterocycles. The molecular weight excluding hydrogens is 370 g/mol. The van der Waals surface area contributed by atoms with Crippen molar-refractivity contribution in [1.82, 2.24) is 0 Å². The summed E-state index contributed by atoms with van der Waals surface area (Å²) in [5.74, 6) is 2.29. The Morgan fingerprint density at radius 3 is 2.54 bits per heavy atom. The van der Waals surface area contributed by atoms with Crippen molar-refractivity contribution in [3.8, 4) is 11.5 Å². The van der Waals surface area contributed by atoms with Gasteiger partial charge in [-0.25, -0.2) is 0 Å². The lowest BCUT2D eigenvalue weighted by molar-refractivity contribution is -0.116. The largest absolute Gasteiger partial charge is 0.493 e. The van der Waals surface area contributed by atoms with E-state index in [4.69, 9.17) is 9.47 Å². The third-order valence-corrected chi connectivity index (χ3v) is 7.52. The van der Waals surface area contributed by atoms with E-state index in [9.17, 15) is 4.79 Å². The molecule has 4 nitrogen and oxygen atoms in total. The summed E-state index contributed by atoms with van der Waals surface area (Å²) in [6, 6.07) is 6.03. The summed E-state index contributed by atoms with van der Waals surface area (Å²) in [5, 5.41) is 4.20. The van der Waals surface area contributed by atoms with Crippen molar-refractivity contribution in [3.63, 3.8) is 0 Å². The van der Waals surface area contributed by atoms with Crippen molar-refractivity contribution in [3.05, 3.63) is 39.8 Å². The SMILES string of the molecule is COc1ccc([C@H]2CC(=O)Nc3sc4c(c32)CC[C@@H](C(C)(C)C)C4)cc1OC. The van der Waals surface area contributed by atoms with E-state index in [1.54, 1.807) is 25.6 Å². The fraction of sp³-hybridized carbons (Fsp3) is 0.522. The van der Waals surface area contributed by atoms with E-state index in [0.717, 1.165) is 23.4 Å². The fourth-order valence-electron chi connectivity index (χ4n) is 4.63. The number of hydrogen-bond donors (Lipinski definition) is 1. The standard InChI is InChI=1S/C23H29NO3S/c1-23(2,3)14-7-8-15-19(11-14)28-22-21(15)16(12-20(25)24-22)13-6-9-17(26-4)18(10-13)27-5/h6,9-10,14,16H,7-8,11-12H2,1-5H3,(H,24,25)/t14-,16-/m1/s1. The molecule has 2 aromatic rings. The van der Waals surface area contributed by atoms with Gasteiger partial charge in [-0.1, -0.05) is 26.8 Å². The summed E-state index contributed by atoms with van der Waals surface area (Å²) in [7, 11) is 3.30. The van der Waals surface area contributed by atoms with Crippen LogP contribution in [0.2, 0.25) is 0 Å². The molecule has 0 spiro atoms. The van der Waals surface area contributed by atoms with Gasteiger partial charge in [0.1, 0.15) is 0 Å². The predicted octanol–water partition coefficient (Wildman–Crippen LogP) is 5.39. The lowest BCUT2D eigenvalue weighted by Gasteiger charge is -2.34. The summed E-state index contributed by atoms with van der Waals surface area (Å²) < 4.78 is 10.9. The average Bonchev–Trinajstić information content (AvgIpc) is 3.03. The molecule has 0 unspecified atom stereocenters. The summed E-state index contributed by atoms with van der Waals surface area (Å²) in [4.78, 5) is 13.9. The zero-order chi connectivity index (χ0) is 20.1. The van der Waals surface area contributed by atoms with Crippen LogP contribution in [-0.4, -0.2) is 20.1 Å². The van der Waals surface area contributed by atoms with Crippen LogP contribution in [-0.2, 0) is 17.6 Å². The molecular formula is C23H29NO3S. The first-order valence-corrected chi connectivity index (χ1v) is 10.8. The highest BCUT2D eigenvalue weighted by Gasteiger charge is 2.37. The molecule has 150 valence electrons. The molecule has 1 amide bonds. The van der Waals surface area contributed by atoms with Gasteiger partial charge in [0.25, 0.3) is 0 Å². The molecule has 1 aromatic carbocycles. The van der Waals surface area contributed by atoms with Crippen LogP contribution in [0.25, 0.3) is 0 Å². The third kappa shape index (κ3) is 3.30. The maximum atomic E-state index is 12.5. The van der Waals surface area contributed by atoms with E-state index in [1.807, 2.05) is 12.1 Å². The first-order chi connectivity index (χ1) is 13.3. The average molecular weight is 400 g/mol. The third-order valence-electron chi connectivity index (χ3n) is 6.33. The number of ether oxygens (including phenoxy) is 2. The summed E-state index contributed by atoms with van der Waals surface area (Å²) >= 11 is 1.79. The van der Waals surface area contributed by atoms with Crippen LogP contribution < -0.4 is 14.8 Å². The fourth-order valence-corrected chi connectivity index (χ4v) is 6.04. The van der Waals surface area contributed by atoms with Crippen molar-refractivity contribution in [2.24, 2.45) is 11.3 Å². The van der Waals surface area contributed by atoms with Crippen molar-refractivity contribution < 1.29 is 14.3 Å². The Balaban J connectivity index is 1.76. The molecule has 1 N–H and O–H groups in total. The first-order valence-electron chi connectivity index (χ1n) is 9.98. The minimum absolute atomic E-state index is 0.0785. The molecule has 0 saturated heterocycles. The molecule has 2 heterocycles. The quantitative estimate of drug-likeness (QED) is 0.753. The Morgan fingerprint density at radius 2 is 1.86 bits per heavy atom. The van der Waals surface area contributed by atoms with Gasteiger partial charge in [-0.05, 0) is 59.4 Å². The maximum Gasteiger partial charge on any atom is 0.225 e. The van der Waals surface area contributed by atoms with Gasteiger partial charge in [-0.2, -0.15) is 0 Å². The maximum absolute atomic E-state index is 12.5. The second kappa shape index (κ2) is 7.11. The van der Waals surface area contributed by atoms with Crippen molar-refractivity contribution >= 4 is 22.2 Å².